The highest BCUT2D eigenvalue weighted by Gasteiger charge is 2.43. The first-order valence-electron chi connectivity index (χ1n) is 8.76. The third-order valence-corrected chi connectivity index (χ3v) is 4.90. The van der Waals surface area contributed by atoms with Crippen molar-refractivity contribution in [1.29, 1.82) is 0 Å². The van der Waals surface area contributed by atoms with Crippen LogP contribution in [0.2, 0.25) is 0 Å². The zero-order chi connectivity index (χ0) is 17.4. The van der Waals surface area contributed by atoms with Gasteiger partial charge in [-0.3, -0.25) is 0 Å². The van der Waals surface area contributed by atoms with Crippen LogP contribution in [0.3, 0.4) is 0 Å². The van der Waals surface area contributed by atoms with E-state index in [1.54, 1.807) is 4.90 Å². The van der Waals surface area contributed by atoms with E-state index in [1.807, 2.05) is 36.0 Å². The van der Waals surface area contributed by atoms with E-state index < -0.39 is 5.92 Å². The molecule has 3 heterocycles. The fourth-order valence-corrected chi connectivity index (χ4v) is 3.50. The SMILES string of the molecule is Cc1cc(N2CC(F)(F)C2)ccc1-c1cn(CC2CCCCO2)nn1. The normalized spacial score (nSPS) is 22.7. The number of hydrogen-bond acceptors (Lipinski definition) is 4. The molecular formula is C18H22F2N4O. The van der Waals surface area contributed by atoms with Crippen LogP contribution in [0.5, 0.6) is 0 Å². The minimum Gasteiger partial charge on any atom is -0.376 e. The molecule has 1 aromatic heterocycles. The minimum atomic E-state index is -2.56. The van der Waals surface area contributed by atoms with Crippen molar-refractivity contribution < 1.29 is 13.5 Å². The number of halogens is 2. The molecule has 1 unspecified atom stereocenters. The molecule has 0 radical (unpaired) electrons. The second-order valence-corrected chi connectivity index (χ2v) is 7.03. The fraction of sp³-hybridized carbons (Fsp3) is 0.556. The van der Waals surface area contributed by atoms with Crippen LogP contribution in [0.15, 0.2) is 24.4 Å². The number of alkyl halides is 2. The van der Waals surface area contributed by atoms with Gasteiger partial charge < -0.3 is 9.64 Å². The zero-order valence-electron chi connectivity index (χ0n) is 14.3. The van der Waals surface area contributed by atoms with Gasteiger partial charge in [-0.15, -0.1) is 5.10 Å². The molecule has 0 N–H and O–H groups in total. The van der Waals surface area contributed by atoms with Gasteiger partial charge in [0.2, 0.25) is 0 Å². The predicted molar refractivity (Wildman–Crippen MR) is 90.9 cm³/mol. The van der Waals surface area contributed by atoms with E-state index in [0.29, 0.717) is 6.54 Å². The molecule has 2 aliphatic rings. The van der Waals surface area contributed by atoms with Crippen molar-refractivity contribution in [3.8, 4) is 11.3 Å². The second kappa shape index (κ2) is 6.37. The Morgan fingerprint density at radius 3 is 2.80 bits per heavy atom. The van der Waals surface area contributed by atoms with Crippen molar-refractivity contribution >= 4 is 5.69 Å². The summed E-state index contributed by atoms with van der Waals surface area (Å²) in [6.45, 7) is 3.10. The van der Waals surface area contributed by atoms with Crippen LogP contribution in [0.4, 0.5) is 14.5 Å². The van der Waals surface area contributed by atoms with E-state index in [0.717, 1.165) is 42.0 Å². The molecule has 0 bridgehead atoms. The Bertz CT molecular complexity index is 747. The van der Waals surface area contributed by atoms with Crippen molar-refractivity contribution in [3.05, 3.63) is 30.0 Å². The molecule has 134 valence electrons. The fourth-order valence-electron chi connectivity index (χ4n) is 3.50. The van der Waals surface area contributed by atoms with E-state index in [2.05, 4.69) is 10.3 Å². The Morgan fingerprint density at radius 2 is 2.12 bits per heavy atom. The summed E-state index contributed by atoms with van der Waals surface area (Å²) in [6, 6.07) is 5.75. The van der Waals surface area contributed by atoms with E-state index in [-0.39, 0.29) is 19.2 Å². The highest BCUT2D eigenvalue weighted by Crippen LogP contribution is 2.34. The third kappa shape index (κ3) is 3.51. The lowest BCUT2D eigenvalue weighted by Gasteiger charge is -2.40. The summed E-state index contributed by atoms with van der Waals surface area (Å²) in [5.41, 5.74) is 3.62. The molecule has 2 saturated heterocycles. The standard InChI is InChI=1S/C18H22F2N4O/c1-13-8-14(23-11-18(19,20)12-23)5-6-16(13)17-10-24(22-21-17)9-15-4-2-3-7-25-15/h5-6,8,10,15H,2-4,7,9,11-12H2,1H3. The van der Waals surface area contributed by atoms with Gasteiger partial charge in [0, 0.05) is 17.9 Å². The monoisotopic (exact) mass is 348 g/mol. The molecule has 2 aliphatic heterocycles. The second-order valence-electron chi connectivity index (χ2n) is 7.03. The lowest BCUT2D eigenvalue weighted by molar-refractivity contribution is -0.0262. The quantitative estimate of drug-likeness (QED) is 0.850. The molecule has 0 spiro atoms. The predicted octanol–water partition coefficient (Wildman–Crippen LogP) is 3.28. The average molecular weight is 348 g/mol. The molecule has 0 saturated carbocycles. The van der Waals surface area contributed by atoms with Crippen LogP contribution in [-0.4, -0.2) is 46.7 Å². The van der Waals surface area contributed by atoms with Crippen molar-refractivity contribution in [1.82, 2.24) is 15.0 Å². The number of ether oxygens (including phenoxy) is 1. The van der Waals surface area contributed by atoms with Crippen molar-refractivity contribution in [2.75, 3.05) is 24.6 Å². The Labute approximate surface area is 145 Å². The molecule has 1 atom stereocenters. The van der Waals surface area contributed by atoms with Gasteiger partial charge >= 0.3 is 0 Å². The molecule has 5 nitrogen and oxygen atoms in total. The summed E-state index contributed by atoms with van der Waals surface area (Å²) in [5.74, 6) is -2.56. The van der Waals surface area contributed by atoms with Gasteiger partial charge in [0.25, 0.3) is 5.92 Å². The molecule has 0 aliphatic carbocycles. The van der Waals surface area contributed by atoms with Gasteiger partial charge in [0.05, 0.1) is 31.9 Å². The van der Waals surface area contributed by atoms with E-state index >= 15 is 0 Å². The molecule has 4 rings (SSSR count). The van der Waals surface area contributed by atoms with E-state index in [4.69, 9.17) is 4.74 Å². The maximum atomic E-state index is 13.0. The maximum Gasteiger partial charge on any atom is 0.282 e. The lowest BCUT2D eigenvalue weighted by atomic mass is 10.0. The first-order chi connectivity index (χ1) is 12.0. The Kier molecular flexibility index (Phi) is 4.19. The Morgan fingerprint density at radius 1 is 1.28 bits per heavy atom. The maximum absolute atomic E-state index is 13.0. The molecule has 1 aromatic carbocycles. The Balaban J connectivity index is 1.46. The highest BCUT2D eigenvalue weighted by molar-refractivity contribution is 5.67. The number of nitrogens with zero attached hydrogens (tertiary/aromatic N) is 4. The smallest absolute Gasteiger partial charge is 0.282 e. The van der Waals surface area contributed by atoms with Gasteiger partial charge in [0.15, 0.2) is 0 Å². The first kappa shape index (κ1) is 16.4. The van der Waals surface area contributed by atoms with Crippen LogP contribution in [0, 0.1) is 6.92 Å². The van der Waals surface area contributed by atoms with Crippen LogP contribution >= 0.6 is 0 Å². The number of hydrogen-bond donors (Lipinski definition) is 0. The number of aromatic nitrogens is 3. The average Bonchev–Trinajstić information content (AvgIpc) is 3.01. The summed E-state index contributed by atoms with van der Waals surface area (Å²) in [5, 5.41) is 8.48. The molecule has 25 heavy (non-hydrogen) atoms. The molecule has 7 heteroatoms. The van der Waals surface area contributed by atoms with Crippen molar-refractivity contribution in [2.45, 2.75) is 44.8 Å². The van der Waals surface area contributed by atoms with Gasteiger partial charge in [-0.05, 0) is 43.9 Å². The van der Waals surface area contributed by atoms with Crippen LogP contribution in [-0.2, 0) is 11.3 Å². The third-order valence-electron chi connectivity index (χ3n) is 4.90. The topological polar surface area (TPSA) is 43.2 Å². The Hall–Kier alpha value is -2.02. The van der Waals surface area contributed by atoms with Crippen LogP contribution < -0.4 is 4.90 Å². The van der Waals surface area contributed by atoms with Crippen molar-refractivity contribution in [2.24, 2.45) is 0 Å². The number of benzene rings is 1. The summed E-state index contributed by atoms with van der Waals surface area (Å²) in [7, 11) is 0. The number of rotatable bonds is 4. The van der Waals surface area contributed by atoms with Gasteiger partial charge in [0.1, 0.15) is 5.69 Å². The van der Waals surface area contributed by atoms with E-state index in [9.17, 15) is 8.78 Å². The first-order valence-corrected chi connectivity index (χ1v) is 8.76. The summed E-state index contributed by atoms with van der Waals surface area (Å²) < 4.78 is 33.7. The van der Waals surface area contributed by atoms with Crippen LogP contribution in [0.1, 0.15) is 24.8 Å². The van der Waals surface area contributed by atoms with Crippen LogP contribution in [0.25, 0.3) is 11.3 Å². The number of anilines is 1. The van der Waals surface area contributed by atoms with Crippen molar-refractivity contribution in [3.63, 3.8) is 0 Å². The van der Waals surface area contributed by atoms with Gasteiger partial charge in [-0.2, -0.15) is 0 Å². The minimum absolute atomic E-state index is 0.205. The van der Waals surface area contributed by atoms with Gasteiger partial charge in [-0.1, -0.05) is 11.3 Å². The zero-order valence-corrected chi connectivity index (χ0v) is 14.3. The molecule has 2 aromatic rings. The summed E-state index contributed by atoms with van der Waals surface area (Å²) in [6.07, 6.45) is 5.52. The van der Waals surface area contributed by atoms with E-state index in [1.165, 1.54) is 6.42 Å². The molecule has 2 fully saturated rings. The lowest BCUT2D eigenvalue weighted by Crippen LogP contribution is -2.56. The summed E-state index contributed by atoms with van der Waals surface area (Å²) in [4.78, 5) is 1.69. The highest BCUT2D eigenvalue weighted by atomic mass is 19.3. The number of aryl methyl sites for hydroxylation is 1. The largest absolute Gasteiger partial charge is 0.376 e. The van der Waals surface area contributed by atoms with Gasteiger partial charge in [-0.25, -0.2) is 13.5 Å². The summed E-state index contributed by atoms with van der Waals surface area (Å²) >= 11 is 0. The molecule has 0 amide bonds. The molecular weight excluding hydrogens is 326 g/mol.